The zero-order valence-corrected chi connectivity index (χ0v) is 12.3. The van der Waals surface area contributed by atoms with Crippen LogP contribution in [-0.2, 0) is 12.0 Å². The summed E-state index contributed by atoms with van der Waals surface area (Å²) in [5.74, 6) is 0.392. The van der Waals surface area contributed by atoms with Gasteiger partial charge in [0.1, 0.15) is 5.69 Å². The van der Waals surface area contributed by atoms with Crippen molar-refractivity contribution in [1.82, 2.24) is 15.2 Å². The van der Waals surface area contributed by atoms with Crippen LogP contribution >= 0.6 is 0 Å². The SMILES string of the molecule is Cc1ccc(CNc2nnc(C(C)(C)C)c(=O)[nH]2)cc1. The van der Waals surface area contributed by atoms with E-state index in [0.29, 0.717) is 18.2 Å². The molecule has 0 saturated heterocycles. The molecular formula is C15H20N4O. The smallest absolute Gasteiger partial charge is 0.274 e. The number of anilines is 1. The first kappa shape index (κ1) is 14.2. The van der Waals surface area contributed by atoms with Gasteiger partial charge < -0.3 is 5.32 Å². The zero-order chi connectivity index (χ0) is 14.8. The normalized spacial score (nSPS) is 11.4. The number of nitrogens with zero attached hydrogens (tertiary/aromatic N) is 2. The molecule has 0 aliphatic heterocycles. The van der Waals surface area contributed by atoms with Crippen LogP contribution in [0.4, 0.5) is 5.95 Å². The largest absolute Gasteiger partial charge is 0.350 e. The highest BCUT2D eigenvalue weighted by Crippen LogP contribution is 2.15. The van der Waals surface area contributed by atoms with Gasteiger partial charge in [-0.25, -0.2) is 0 Å². The molecule has 5 heteroatoms. The Labute approximate surface area is 118 Å². The lowest BCUT2D eigenvalue weighted by Gasteiger charge is -2.15. The van der Waals surface area contributed by atoms with E-state index in [1.165, 1.54) is 5.56 Å². The summed E-state index contributed by atoms with van der Waals surface area (Å²) in [6.07, 6.45) is 0. The average Bonchev–Trinajstić information content (AvgIpc) is 2.36. The molecule has 0 bridgehead atoms. The second-order valence-corrected chi connectivity index (χ2v) is 5.94. The van der Waals surface area contributed by atoms with Crippen LogP contribution in [0.1, 0.15) is 37.6 Å². The molecular weight excluding hydrogens is 252 g/mol. The van der Waals surface area contributed by atoms with E-state index in [1.54, 1.807) is 0 Å². The predicted molar refractivity (Wildman–Crippen MR) is 79.9 cm³/mol. The molecule has 0 spiro atoms. The van der Waals surface area contributed by atoms with E-state index >= 15 is 0 Å². The second kappa shape index (κ2) is 5.45. The van der Waals surface area contributed by atoms with Crippen LogP contribution in [0.25, 0.3) is 0 Å². The maximum atomic E-state index is 11.9. The molecule has 2 N–H and O–H groups in total. The number of aromatic amines is 1. The molecule has 0 saturated carbocycles. The van der Waals surface area contributed by atoms with Gasteiger partial charge in [-0.2, -0.15) is 0 Å². The van der Waals surface area contributed by atoms with Crippen molar-refractivity contribution in [3.8, 4) is 0 Å². The van der Waals surface area contributed by atoms with Crippen LogP contribution < -0.4 is 10.9 Å². The molecule has 0 amide bonds. The Kier molecular flexibility index (Phi) is 3.88. The minimum Gasteiger partial charge on any atom is -0.350 e. The Morgan fingerprint density at radius 3 is 2.35 bits per heavy atom. The summed E-state index contributed by atoms with van der Waals surface area (Å²) < 4.78 is 0. The highest BCUT2D eigenvalue weighted by atomic mass is 16.1. The molecule has 0 atom stereocenters. The standard InChI is InChI=1S/C15H20N4O/c1-10-5-7-11(8-6-10)9-16-14-17-13(20)12(18-19-14)15(2,3)4/h5-8H,9H2,1-4H3,(H2,16,17,19,20). The first-order valence-electron chi connectivity index (χ1n) is 6.63. The van der Waals surface area contributed by atoms with Crippen LogP contribution in [0, 0.1) is 6.92 Å². The van der Waals surface area contributed by atoms with Gasteiger partial charge in [0.2, 0.25) is 5.95 Å². The van der Waals surface area contributed by atoms with Gasteiger partial charge in [-0.15, -0.1) is 10.2 Å². The minimum absolute atomic E-state index is 0.195. The Bertz CT molecular complexity index is 638. The second-order valence-electron chi connectivity index (χ2n) is 5.94. The number of aromatic nitrogens is 3. The van der Waals surface area contributed by atoms with Crippen molar-refractivity contribution in [3.05, 3.63) is 51.4 Å². The van der Waals surface area contributed by atoms with E-state index in [-0.39, 0.29) is 11.0 Å². The van der Waals surface area contributed by atoms with E-state index in [2.05, 4.69) is 20.5 Å². The van der Waals surface area contributed by atoms with Crippen molar-refractivity contribution < 1.29 is 0 Å². The molecule has 1 heterocycles. The van der Waals surface area contributed by atoms with Crippen molar-refractivity contribution in [1.29, 1.82) is 0 Å². The van der Waals surface area contributed by atoms with Crippen LogP contribution in [0.15, 0.2) is 29.1 Å². The number of hydrogen-bond acceptors (Lipinski definition) is 4. The highest BCUT2D eigenvalue weighted by Gasteiger charge is 2.20. The monoisotopic (exact) mass is 272 g/mol. The van der Waals surface area contributed by atoms with Crippen molar-refractivity contribution in [2.45, 2.75) is 39.7 Å². The van der Waals surface area contributed by atoms with Gasteiger partial charge in [0.05, 0.1) is 0 Å². The van der Waals surface area contributed by atoms with Crippen LogP contribution in [0.5, 0.6) is 0 Å². The minimum atomic E-state index is -0.309. The van der Waals surface area contributed by atoms with Gasteiger partial charge >= 0.3 is 0 Å². The molecule has 0 unspecified atom stereocenters. The fourth-order valence-corrected chi connectivity index (χ4v) is 1.80. The number of hydrogen-bond donors (Lipinski definition) is 2. The Balaban J connectivity index is 2.09. The number of nitrogens with one attached hydrogen (secondary N) is 2. The van der Waals surface area contributed by atoms with Gasteiger partial charge in [0, 0.05) is 12.0 Å². The quantitative estimate of drug-likeness (QED) is 0.900. The summed E-state index contributed by atoms with van der Waals surface area (Å²) in [5.41, 5.74) is 2.28. The third-order valence-corrected chi connectivity index (χ3v) is 2.99. The van der Waals surface area contributed by atoms with Crippen LogP contribution in [-0.4, -0.2) is 15.2 Å². The Morgan fingerprint density at radius 2 is 1.80 bits per heavy atom. The first-order valence-corrected chi connectivity index (χ1v) is 6.63. The molecule has 1 aromatic heterocycles. The molecule has 0 fully saturated rings. The zero-order valence-electron chi connectivity index (χ0n) is 12.3. The number of H-pyrrole nitrogens is 1. The number of rotatable bonds is 3. The van der Waals surface area contributed by atoms with Crippen molar-refractivity contribution in [2.75, 3.05) is 5.32 Å². The third kappa shape index (κ3) is 3.44. The molecule has 20 heavy (non-hydrogen) atoms. The van der Waals surface area contributed by atoms with Gasteiger partial charge in [0.15, 0.2) is 0 Å². The molecule has 106 valence electrons. The molecule has 0 aliphatic carbocycles. The molecule has 0 aliphatic rings. The van der Waals surface area contributed by atoms with Gasteiger partial charge in [0.25, 0.3) is 5.56 Å². The molecule has 0 radical (unpaired) electrons. The number of benzene rings is 1. The Morgan fingerprint density at radius 1 is 1.15 bits per heavy atom. The topological polar surface area (TPSA) is 70.7 Å². The lowest BCUT2D eigenvalue weighted by Crippen LogP contribution is -2.28. The van der Waals surface area contributed by atoms with Crippen LogP contribution in [0.3, 0.4) is 0 Å². The fourth-order valence-electron chi connectivity index (χ4n) is 1.80. The molecule has 2 rings (SSSR count). The maximum absolute atomic E-state index is 11.9. The van der Waals surface area contributed by atoms with E-state index in [4.69, 9.17) is 0 Å². The van der Waals surface area contributed by atoms with E-state index in [9.17, 15) is 4.79 Å². The first-order chi connectivity index (χ1) is 9.36. The van der Waals surface area contributed by atoms with Crippen molar-refractivity contribution in [3.63, 3.8) is 0 Å². The van der Waals surface area contributed by atoms with Gasteiger partial charge in [-0.1, -0.05) is 50.6 Å². The van der Waals surface area contributed by atoms with Crippen molar-refractivity contribution >= 4 is 5.95 Å². The summed E-state index contributed by atoms with van der Waals surface area (Å²) in [6.45, 7) is 8.45. The summed E-state index contributed by atoms with van der Waals surface area (Å²) in [6, 6.07) is 8.18. The maximum Gasteiger partial charge on any atom is 0.274 e. The third-order valence-electron chi connectivity index (χ3n) is 2.99. The Hall–Kier alpha value is -2.17. The predicted octanol–water partition coefficient (Wildman–Crippen LogP) is 2.38. The van der Waals surface area contributed by atoms with E-state index < -0.39 is 0 Å². The number of aryl methyl sites for hydroxylation is 1. The van der Waals surface area contributed by atoms with Crippen LogP contribution in [0.2, 0.25) is 0 Å². The fraction of sp³-hybridized carbons (Fsp3) is 0.400. The van der Waals surface area contributed by atoms with E-state index in [1.807, 2.05) is 52.0 Å². The molecule has 1 aromatic carbocycles. The van der Waals surface area contributed by atoms with Gasteiger partial charge in [-0.05, 0) is 12.5 Å². The van der Waals surface area contributed by atoms with Crippen molar-refractivity contribution in [2.24, 2.45) is 0 Å². The average molecular weight is 272 g/mol. The summed E-state index contributed by atoms with van der Waals surface area (Å²) in [7, 11) is 0. The lowest BCUT2D eigenvalue weighted by atomic mass is 9.93. The highest BCUT2D eigenvalue weighted by molar-refractivity contribution is 5.28. The van der Waals surface area contributed by atoms with Gasteiger partial charge in [-0.3, -0.25) is 9.78 Å². The molecule has 2 aromatic rings. The lowest BCUT2D eigenvalue weighted by molar-refractivity contribution is 0.547. The summed E-state index contributed by atoms with van der Waals surface area (Å²) >= 11 is 0. The summed E-state index contributed by atoms with van der Waals surface area (Å²) in [4.78, 5) is 14.7. The molecule has 5 nitrogen and oxygen atoms in total. The van der Waals surface area contributed by atoms with E-state index in [0.717, 1.165) is 5.56 Å². The summed E-state index contributed by atoms with van der Waals surface area (Å²) in [5, 5.41) is 11.1.